The van der Waals surface area contributed by atoms with Crippen LogP contribution in [-0.2, 0) is 19.4 Å². The molecule has 0 amide bonds. The molecule has 0 saturated carbocycles. The third kappa shape index (κ3) is 3.43. The second-order valence-electron chi connectivity index (χ2n) is 4.49. The van der Waals surface area contributed by atoms with Crippen LogP contribution in [0.1, 0.15) is 18.2 Å². The lowest BCUT2D eigenvalue weighted by molar-refractivity contribution is 0.626. The van der Waals surface area contributed by atoms with E-state index in [9.17, 15) is 0 Å². The van der Waals surface area contributed by atoms with Crippen LogP contribution in [-0.4, -0.2) is 15.6 Å². The molecule has 2 aromatic heterocycles. The molecule has 90 valence electrons. The zero-order chi connectivity index (χ0) is 12.1. The van der Waals surface area contributed by atoms with Gasteiger partial charge in [-0.15, -0.1) is 0 Å². The van der Waals surface area contributed by atoms with Crippen LogP contribution in [0, 0.1) is 0 Å². The number of aryl methyl sites for hydroxylation is 2. The minimum atomic E-state index is 0.210. The number of pyridine rings is 1. The second-order valence-corrected chi connectivity index (χ2v) is 4.49. The lowest BCUT2D eigenvalue weighted by atomic mass is 10.2. The molecule has 1 unspecified atom stereocenters. The highest BCUT2D eigenvalue weighted by Gasteiger charge is 2.03. The number of hydrogen-bond acceptors (Lipinski definition) is 2. The van der Waals surface area contributed by atoms with Crippen molar-refractivity contribution in [1.29, 1.82) is 0 Å². The van der Waals surface area contributed by atoms with Crippen molar-refractivity contribution in [2.75, 3.05) is 0 Å². The van der Waals surface area contributed by atoms with E-state index in [1.807, 2.05) is 19.2 Å². The zero-order valence-corrected chi connectivity index (χ0v) is 10.2. The molecule has 0 saturated heterocycles. The van der Waals surface area contributed by atoms with Crippen molar-refractivity contribution >= 4 is 0 Å². The number of aromatic nitrogens is 2. The largest absolute Gasteiger partial charge is 0.351 e. The summed E-state index contributed by atoms with van der Waals surface area (Å²) in [5.41, 5.74) is 8.42. The normalized spacial score (nSPS) is 12.6. The van der Waals surface area contributed by atoms with Gasteiger partial charge in [-0.3, -0.25) is 4.98 Å². The van der Waals surface area contributed by atoms with Crippen LogP contribution in [0.5, 0.6) is 0 Å². The van der Waals surface area contributed by atoms with Crippen LogP contribution in [0.3, 0.4) is 0 Å². The summed E-state index contributed by atoms with van der Waals surface area (Å²) in [4.78, 5) is 4.13. The fourth-order valence-corrected chi connectivity index (χ4v) is 1.98. The summed E-state index contributed by atoms with van der Waals surface area (Å²) in [5.74, 6) is 0. The first-order valence-corrected chi connectivity index (χ1v) is 6.04. The molecular weight excluding hydrogens is 210 g/mol. The molecule has 2 heterocycles. The van der Waals surface area contributed by atoms with Gasteiger partial charge < -0.3 is 10.3 Å². The Morgan fingerprint density at radius 3 is 2.94 bits per heavy atom. The molecule has 0 aromatic carbocycles. The van der Waals surface area contributed by atoms with Crippen molar-refractivity contribution in [3.63, 3.8) is 0 Å². The highest BCUT2D eigenvalue weighted by molar-refractivity contribution is 5.11. The van der Waals surface area contributed by atoms with E-state index in [1.54, 1.807) is 6.20 Å². The fraction of sp³-hybridized carbons (Fsp3) is 0.357. The number of nitrogens with two attached hydrogens (primary N) is 1. The van der Waals surface area contributed by atoms with Crippen molar-refractivity contribution in [1.82, 2.24) is 9.55 Å². The molecule has 3 nitrogen and oxygen atoms in total. The van der Waals surface area contributed by atoms with Crippen molar-refractivity contribution < 1.29 is 0 Å². The Labute approximate surface area is 102 Å². The van der Waals surface area contributed by atoms with E-state index in [0.717, 1.165) is 19.4 Å². The Bertz CT molecular complexity index is 446. The van der Waals surface area contributed by atoms with E-state index in [2.05, 4.69) is 33.9 Å². The first-order valence-electron chi connectivity index (χ1n) is 6.04. The van der Waals surface area contributed by atoms with Crippen LogP contribution in [0.2, 0.25) is 0 Å². The van der Waals surface area contributed by atoms with Crippen molar-refractivity contribution in [3.8, 4) is 0 Å². The van der Waals surface area contributed by atoms with E-state index < -0.39 is 0 Å². The number of nitrogens with zero attached hydrogens (tertiary/aromatic N) is 2. The molecule has 0 bridgehead atoms. The predicted octanol–water partition coefficient (Wildman–Crippen LogP) is 2.02. The van der Waals surface area contributed by atoms with E-state index in [0.29, 0.717) is 0 Å². The van der Waals surface area contributed by atoms with Gasteiger partial charge >= 0.3 is 0 Å². The SMILES string of the molecule is CC(N)Cc1cccn1CCc1cccnc1. The quantitative estimate of drug-likeness (QED) is 0.852. The van der Waals surface area contributed by atoms with Crippen molar-refractivity contribution in [3.05, 3.63) is 54.1 Å². The van der Waals surface area contributed by atoms with E-state index in [-0.39, 0.29) is 6.04 Å². The maximum absolute atomic E-state index is 5.84. The lowest BCUT2D eigenvalue weighted by Crippen LogP contribution is -2.20. The molecule has 0 spiro atoms. The molecule has 0 aliphatic heterocycles. The van der Waals surface area contributed by atoms with Gasteiger partial charge in [0.05, 0.1) is 0 Å². The Balaban J connectivity index is 1.97. The lowest BCUT2D eigenvalue weighted by Gasteiger charge is -2.11. The number of rotatable bonds is 5. The Hall–Kier alpha value is -1.61. The zero-order valence-electron chi connectivity index (χ0n) is 10.2. The molecule has 2 N–H and O–H groups in total. The summed E-state index contributed by atoms with van der Waals surface area (Å²) in [5, 5.41) is 0. The summed E-state index contributed by atoms with van der Waals surface area (Å²) in [7, 11) is 0. The van der Waals surface area contributed by atoms with Crippen LogP contribution >= 0.6 is 0 Å². The van der Waals surface area contributed by atoms with E-state index >= 15 is 0 Å². The Morgan fingerprint density at radius 1 is 1.35 bits per heavy atom. The van der Waals surface area contributed by atoms with E-state index in [1.165, 1.54) is 11.3 Å². The maximum atomic E-state index is 5.84. The van der Waals surface area contributed by atoms with Crippen LogP contribution in [0.25, 0.3) is 0 Å². The smallest absolute Gasteiger partial charge is 0.0300 e. The van der Waals surface area contributed by atoms with Crippen LogP contribution in [0.4, 0.5) is 0 Å². The van der Waals surface area contributed by atoms with Crippen LogP contribution < -0.4 is 5.73 Å². The van der Waals surface area contributed by atoms with Gasteiger partial charge in [-0.1, -0.05) is 6.07 Å². The average Bonchev–Trinajstić information content (AvgIpc) is 2.74. The van der Waals surface area contributed by atoms with Gasteiger partial charge in [-0.05, 0) is 37.1 Å². The van der Waals surface area contributed by atoms with Gasteiger partial charge in [0.1, 0.15) is 0 Å². The summed E-state index contributed by atoms with van der Waals surface area (Å²) in [6.45, 7) is 3.03. The molecule has 17 heavy (non-hydrogen) atoms. The number of hydrogen-bond donors (Lipinski definition) is 1. The van der Waals surface area contributed by atoms with Gasteiger partial charge in [-0.2, -0.15) is 0 Å². The summed E-state index contributed by atoms with van der Waals surface area (Å²) in [6, 6.07) is 8.53. The molecule has 2 aromatic rings. The summed E-state index contributed by atoms with van der Waals surface area (Å²) < 4.78 is 2.27. The third-order valence-electron chi connectivity index (χ3n) is 2.82. The predicted molar refractivity (Wildman–Crippen MR) is 69.7 cm³/mol. The van der Waals surface area contributed by atoms with Gasteiger partial charge in [0.15, 0.2) is 0 Å². The highest BCUT2D eigenvalue weighted by atomic mass is 15.0. The molecule has 2 rings (SSSR count). The van der Waals surface area contributed by atoms with Gasteiger partial charge in [0.2, 0.25) is 0 Å². The van der Waals surface area contributed by atoms with Gasteiger partial charge in [-0.25, -0.2) is 0 Å². The summed E-state index contributed by atoms with van der Waals surface area (Å²) >= 11 is 0. The Morgan fingerprint density at radius 2 is 2.24 bits per heavy atom. The van der Waals surface area contributed by atoms with Gasteiger partial charge in [0, 0.05) is 43.3 Å². The average molecular weight is 229 g/mol. The first kappa shape index (κ1) is 11.9. The molecule has 0 fully saturated rings. The van der Waals surface area contributed by atoms with E-state index in [4.69, 9.17) is 5.73 Å². The fourth-order valence-electron chi connectivity index (χ4n) is 1.98. The summed E-state index contributed by atoms with van der Waals surface area (Å²) in [6.07, 6.45) is 7.79. The minimum absolute atomic E-state index is 0.210. The van der Waals surface area contributed by atoms with Crippen LogP contribution in [0.15, 0.2) is 42.9 Å². The molecular formula is C14H19N3. The second kappa shape index (κ2) is 5.64. The topological polar surface area (TPSA) is 43.8 Å². The standard InChI is InChI=1S/C14H19N3/c1-12(15)10-14-5-3-8-17(14)9-6-13-4-2-7-16-11-13/h2-5,7-8,11-12H,6,9-10,15H2,1H3. The third-order valence-corrected chi connectivity index (χ3v) is 2.82. The van der Waals surface area contributed by atoms with Gasteiger partial charge in [0.25, 0.3) is 0 Å². The highest BCUT2D eigenvalue weighted by Crippen LogP contribution is 2.07. The molecule has 0 aliphatic carbocycles. The molecule has 0 aliphatic rings. The molecule has 3 heteroatoms. The monoisotopic (exact) mass is 229 g/mol. The van der Waals surface area contributed by atoms with Crippen molar-refractivity contribution in [2.45, 2.75) is 32.4 Å². The molecule has 0 radical (unpaired) electrons. The van der Waals surface area contributed by atoms with Crippen molar-refractivity contribution in [2.24, 2.45) is 5.73 Å². The molecule has 1 atom stereocenters. The Kier molecular flexibility index (Phi) is 3.94. The first-order chi connectivity index (χ1) is 8.25. The minimum Gasteiger partial charge on any atom is -0.351 e. The maximum Gasteiger partial charge on any atom is 0.0300 e.